The number of thiazole rings is 1. The first-order valence-corrected chi connectivity index (χ1v) is 13.3. The molecule has 2 N–H and O–H groups in total. The first-order chi connectivity index (χ1) is 18.5. The second-order valence-corrected chi connectivity index (χ2v) is 10.3. The number of rotatable bonds is 8. The number of nitrogens with one attached hydrogen (secondary N) is 2. The molecule has 0 saturated carbocycles. The van der Waals surface area contributed by atoms with E-state index in [2.05, 4.69) is 47.3 Å². The average Bonchev–Trinajstić information content (AvgIpc) is 3.41. The highest BCUT2D eigenvalue weighted by Gasteiger charge is 2.34. The smallest absolute Gasteiger partial charge is 0.354 e. The molecule has 0 aliphatic carbocycles. The van der Waals surface area contributed by atoms with Crippen LogP contribution in [0.5, 0.6) is 0 Å². The lowest BCUT2D eigenvalue weighted by molar-refractivity contribution is -0.137. The minimum Gasteiger partial charge on any atom is -0.354 e. The topological polar surface area (TPSA) is 116 Å². The highest BCUT2D eigenvalue weighted by molar-refractivity contribution is 7.13. The number of hydrogen-bond donors (Lipinski definition) is 2. The normalized spacial score (nSPS) is 15.2. The first-order valence-electron chi connectivity index (χ1n) is 12.1. The molecule has 0 bridgehead atoms. The number of aromatic nitrogens is 4. The summed E-state index contributed by atoms with van der Waals surface area (Å²) in [5, 5.41) is 4.97. The van der Waals surface area contributed by atoms with Crippen molar-refractivity contribution >= 4 is 46.4 Å². The Morgan fingerprint density at radius 2 is 1.82 bits per heavy atom. The van der Waals surface area contributed by atoms with Crippen molar-refractivity contribution in [2.75, 3.05) is 42.9 Å². The lowest BCUT2D eigenvalue weighted by atomic mass is 10.2. The molecule has 0 radical (unpaired) electrons. The fraction of sp³-hybridized carbons (Fsp3) is 0.417. The summed E-state index contributed by atoms with van der Waals surface area (Å²) in [7, 11) is 0. The van der Waals surface area contributed by atoms with Crippen molar-refractivity contribution in [3.8, 4) is 0 Å². The number of halogens is 4. The fourth-order valence-electron chi connectivity index (χ4n) is 3.99. The van der Waals surface area contributed by atoms with Crippen LogP contribution in [0.25, 0.3) is 0 Å². The quantitative estimate of drug-likeness (QED) is 0.404. The van der Waals surface area contributed by atoms with Gasteiger partial charge in [0.05, 0.1) is 22.8 Å². The molecule has 3 aromatic heterocycles. The van der Waals surface area contributed by atoms with Crippen LogP contribution in [0.1, 0.15) is 57.0 Å². The van der Waals surface area contributed by atoms with E-state index in [9.17, 15) is 22.8 Å². The number of alkyl halides is 3. The number of piperazine rings is 1. The van der Waals surface area contributed by atoms with E-state index in [4.69, 9.17) is 11.6 Å². The molecule has 10 nitrogen and oxygen atoms in total. The van der Waals surface area contributed by atoms with E-state index in [0.717, 1.165) is 56.7 Å². The van der Waals surface area contributed by atoms with Gasteiger partial charge in [-0.15, -0.1) is 11.3 Å². The maximum atomic E-state index is 13.1. The molecule has 3 aromatic rings. The minimum absolute atomic E-state index is 0.128. The van der Waals surface area contributed by atoms with E-state index >= 15 is 0 Å². The third kappa shape index (κ3) is 7.19. The van der Waals surface area contributed by atoms with Gasteiger partial charge in [-0.1, -0.05) is 18.5 Å². The molecular formula is C24H26ClF3N8O2S. The summed E-state index contributed by atoms with van der Waals surface area (Å²) in [6, 6.07) is 1.74. The van der Waals surface area contributed by atoms with Crippen molar-refractivity contribution in [1.29, 1.82) is 0 Å². The van der Waals surface area contributed by atoms with E-state index in [1.54, 1.807) is 13.0 Å². The molecule has 0 aromatic carbocycles. The molecular weight excluding hydrogens is 557 g/mol. The molecule has 208 valence electrons. The average molecular weight is 583 g/mol. The Labute approximate surface area is 231 Å². The Hall–Kier alpha value is -3.36. The zero-order valence-electron chi connectivity index (χ0n) is 21.1. The Morgan fingerprint density at radius 3 is 2.51 bits per heavy atom. The van der Waals surface area contributed by atoms with E-state index in [1.807, 2.05) is 0 Å². The van der Waals surface area contributed by atoms with E-state index < -0.39 is 34.6 Å². The van der Waals surface area contributed by atoms with Crippen LogP contribution in [0.4, 0.5) is 24.8 Å². The molecule has 2 amide bonds. The van der Waals surface area contributed by atoms with Crippen LogP contribution < -0.4 is 15.5 Å². The van der Waals surface area contributed by atoms with Crippen molar-refractivity contribution in [3.63, 3.8) is 0 Å². The number of hydrogen-bond acceptors (Lipinski definition) is 9. The van der Waals surface area contributed by atoms with Crippen LogP contribution in [0.3, 0.4) is 0 Å². The molecule has 4 rings (SSSR count). The van der Waals surface area contributed by atoms with Gasteiger partial charge in [-0.25, -0.2) is 19.9 Å². The number of anilines is 2. The molecule has 39 heavy (non-hydrogen) atoms. The standard InChI is InChI=1S/C24H26ClF3N8O2S/c1-3-4-35-5-7-36(8-6-35)20-10-17(31-13-32-20)21(37)33-14(2)23-30-12-18(39-23)22(38)34-19-9-15(24(26,27)28)16(25)11-29-19/h9-14H,3-8H2,1-2H3,(H,33,37)(H,29,34,38). The molecule has 4 heterocycles. The Balaban J connectivity index is 1.37. The van der Waals surface area contributed by atoms with Gasteiger partial charge in [0.25, 0.3) is 11.8 Å². The van der Waals surface area contributed by atoms with Crippen LogP contribution in [-0.4, -0.2) is 69.4 Å². The van der Waals surface area contributed by atoms with E-state index in [-0.39, 0.29) is 16.4 Å². The van der Waals surface area contributed by atoms with Crippen LogP contribution in [0.15, 0.2) is 30.9 Å². The molecule has 1 atom stereocenters. The summed E-state index contributed by atoms with van der Waals surface area (Å²) in [6.45, 7) is 8.37. The SMILES string of the molecule is CCCN1CCN(c2cc(C(=O)NC(C)c3ncc(C(=O)Nc4cc(C(F)(F)F)c(Cl)cn4)s3)ncn2)CC1. The summed E-state index contributed by atoms with van der Waals surface area (Å²) < 4.78 is 39.3. The maximum absolute atomic E-state index is 13.1. The minimum atomic E-state index is -4.70. The predicted molar refractivity (Wildman–Crippen MR) is 141 cm³/mol. The lowest BCUT2D eigenvalue weighted by Crippen LogP contribution is -2.46. The van der Waals surface area contributed by atoms with Gasteiger partial charge >= 0.3 is 6.18 Å². The van der Waals surface area contributed by atoms with Crippen LogP contribution >= 0.6 is 22.9 Å². The third-order valence-electron chi connectivity index (χ3n) is 5.99. The van der Waals surface area contributed by atoms with Gasteiger partial charge < -0.3 is 15.5 Å². The van der Waals surface area contributed by atoms with E-state index in [0.29, 0.717) is 16.9 Å². The van der Waals surface area contributed by atoms with Crippen molar-refractivity contribution in [2.24, 2.45) is 0 Å². The largest absolute Gasteiger partial charge is 0.418 e. The van der Waals surface area contributed by atoms with Gasteiger partial charge in [-0.3, -0.25) is 14.5 Å². The summed E-state index contributed by atoms with van der Waals surface area (Å²) in [5.41, 5.74) is -0.908. The number of carbonyl (C=O) groups is 2. The highest BCUT2D eigenvalue weighted by atomic mass is 35.5. The Kier molecular flexibility index (Phi) is 8.97. The lowest BCUT2D eigenvalue weighted by Gasteiger charge is -2.35. The molecule has 1 saturated heterocycles. The van der Waals surface area contributed by atoms with E-state index in [1.165, 1.54) is 12.5 Å². The monoisotopic (exact) mass is 582 g/mol. The van der Waals surface area contributed by atoms with Crippen LogP contribution in [0, 0.1) is 0 Å². The van der Waals surface area contributed by atoms with Gasteiger partial charge in [0.2, 0.25) is 0 Å². The number of carbonyl (C=O) groups excluding carboxylic acids is 2. The summed E-state index contributed by atoms with van der Waals surface area (Å²) in [6.07, 6.45) is -0.142. The maximum Gasteiger partial charge on any atom is 0.418 e. The molecule has 1 aliphatic rings. The Morgan fingerprint density at radius 1 is 1.08 bits per heavy atom. The molecule has 1 unspecified atom stereocenters. The first kappa shape index (κ1) is 28.6. The summed E-state index contributed by atoms with van der Waals surface area (Å²) in [4.78, 5) is 46.4. The van der Waals surface area contributed by atoms with Crippen LogP contribution in [0.2, 0.25) is 5.02 Å². The predicted octanol–water partition coefficient (Wildman–Crippen LogP) is 4.28. The second-order valence-electron chi connectivity index (χ2n) is 8.85. The van der Waals surface area contributed by atoms with Gasteiger partial charge in [0.1, 0.15) is 33.5 Å². The van der Waals surface area contributed by atoms with Crippen LogP contribution in [-0.2, 0) is 6.18 Å². The number of pyridine rings is 1. The molecule has 1 aliphatic heterocycles. The van der Waals surface area contributed by atoms with Crippen molar-refractivity contribution in [2.45, 2.75) is 32.5 Å². The van der Waals surface area contributed by atoms with Crippen molar-refractivity contribution in [1.82, 2.24) is 30.2 Å². The second kappa shape index (κ2) is 12.2. The van der Waals surface area contributed by atoms with Gasteiger partial charge in [0, 0.05) is 38.4 Å². The van der Waals surface area contributed by atoms with Crippen molar-refractivity contribution in [3.05, 3.63) is 57.0 Å². The zero-order chi connectivity index (χ0) is 28.2. The third-order valence-corrected chi connectivity index (χ3v) is 7.47. The van der Waals surface area contributed by atoms with Gasteiger partial charge in [0.15, 0.2) is 0 Å². The molecule has 15 heteroatoms. The van der Waals surface area contributed by atoms with Gasteiger partial charge in [-0.2, -0.15) is 13.2 Å². The molecule has 1 fully saturated rings. The summed E-state index contributed by atoms with van der Waals surface area (Å²) in [5.74, 6) is -0.752. The highest BCUT2D eigenvalue weighted by Crippen LogP contribution is 2.35. The number of nitrogens with zero attached hydrogens (tertiary/aromatic N) is 6. The zero-order valence-corrected chi connectivity index (χ0v) is 22.7. The summed E-state index contributed by atoms with van der Waals surface area (Å²) >= 11 is 6.56. The van der Waals surface area contributed by atoms with Crippen molar-refractivity contribution < 1.29 is 22.8 Å². The molecule has 0 spiro atoms. The Bertz CT molecular complexity index is 1330. The van der Waals surface area contributed by atoms with Gasteiger partial charge in [-0.05, 0) is 26.0 Å². The number of amides is 2. The fourth-order valence-corrected chi connectivity index (χ4v) is 5.01.